The van der Waals surface area contributed by atoms with E-state index in [9.17, 15) is 22.4 Å². The SMILES string of the molecule is CCOC(=O)CCS(=O)(=O)Nc1cc(C(=O)O)ccc1F. The molecule has 0 bridgehead atoms. The van der Waals surface area contributed by atoms with Gasteiger partial charge in [0.05, 0.1) is 30.0 Å². The number of esters is 1. The molecule has 0 fully saturated rings. The first-order chi connectivity index (χ1) is 9.75. The zero-order valence-electron chi connectivity index (χ0n) is 11.1. The molecule has 0 saturated carbocycles. The van der Waals surface area contributed by atoms with Crippen LogP contribution in [-0.2, 0) is 19.6 Å². The predicted molar refractivity (Wildman–Crippen MR) is 72.0 cm³/mol. The van der Waals surface area contributed by atoms with Crippen LogP contribution in [0, 0.1) is 5.82 Å². The predicted octanol–water partition coefficient (Wildman–Crippen LogP) is 1.22. The van der Waals surface area contributed by atoms with Crippen LogP contribution < -0.4 is 4.72 Å². The number of hydrogen-bond acceptors (Lipinski definition) is 5. The summed E-state index contributed by atoms with van der Waals surface area (Å²) in [5, 5.41) is 8.77. The molecule has 0 aliphatic rings. The number of rotatable bonds is 7. The lowest BCUT2D eigenvalue weighted by molar-refractivity contribution is -0.142. The summed E-state index contributed by atoms with van der Waals surface area (Å²) in [6, 6.07) is 2.71. The Labute approximate surface area is 120 Å². The molecule has 0 spiro atoms. The highest BCUT2D eigenvalue weighted by Gasteiger charge is 2.17. The first-order valence-corrected chi connectivity index (χ1v) is 7.59. The van der Waals surface area contributed by atoms with E-state index in [1.807, 2.05) is 4.72 Å². The lowest BCUT2D eigenvalue weighted by Crippen LogP contribution is -2.20. The van der Waals surface area contributed by atoms with E-state index in [1.165, 1.54) is 0 Å². The third-order valence-electron chi connectivity index (χ3n) is 2.36. The van der Waals surface area contributed by atoms with Crippen molar-refractivity contribution in [1.29, 1.82) is 0 Å². The van der Waals surface area contributed by atoms with Crippen molar-refractivity contribution in [3.05, 3.63) is 29.6 Å². The van der Waals surface area contributed by atoms with Gasteiger partial charge in [0.2, 0.25) is 10.0 Å². The summed E-state index contributed by atoms with van der Waals surface area (Å²) in [6.07, 6.45) is -0.386. The van der Waals surface area contributed by atoms with Crippen LogP contribution in [0.4, 0.5) is 10.1 Å². The first-order valence-electron chi connectivity index (χ1n) is 5.94. The Morgan fingerprint density at radius 3 is 2.62 bits per heavy atom. The minimum atomic E-state index is -4.00. The lowest BCUT2D eigenvalue weighted by Gasteiger charge is -2.09. The van der Waals surface area contributed by atoms with Gasteiger partial charge in [-0.15, -0.1) is 0 Å². The minimum Gasteiger partial charge on any atom is -0.478 e. The lowest BCUT2D eigenvalue weighted by atomic mass is 10.2. The van der Waals surface area contributed by atoms with Crippen LogP contribution in [0.5, 0.6) is 0 Å². The van der Waals surface area contributed by atoms with Gasteiger partial charge in [0, 0.05) is 0 Å². The first kappa shape index (κ1) is 16.9. The van der Waals surface area contributed by atoms with Crippen molar-refractivity contribution < 1.29 is 32.2 Å². The number of carbonyl (C=O) groups is 2. The quantitative estimate of drug-likeness (QED) is 0.731. The summed E-state index contributed by atoms with van der Waals surface area (Å²) in [6.45, 7) is 1.71. The van der Waals surface area contributed by atoms with Gasteiger partial charge in [-0.25, -0.2) is 17.6 Å². The van der Waals surface area contributed by atoms with E-state index in [2.05, 4.69) is 4.74 Å². The summed E-state index contributed by atoms with van der Waals surface area (Å²) in [7, 11) is -4.00. The van der Waals surface area contributed by atoms with Crippen molar-refractivity contribution >= 4 is 27.6 Å². The number of carboxylic acids is 1. The molecule has 1 aromatic carbocycles. The molecule has 21 heavy (non-hydrogen) atoms. The number of hydrogen-bond donors (Lipinski definition) is 2. The molecule has 0 aliphatic heterocycles. The van der Waals surface area contributed by atoms with Gasteiger partial charge < -0.3 is 9.84 Å². The summed E-state index contributed by atoms with van der Waals surface area (Å²) in [5.41, 5.74) is -0.752. The molecule has 1 rings (SSSR count). The zero-order valence-corrected chi connectivity index (χ0v) is 11.9. The van der Waals surface area contributed by atoms with Crippen LogP contribution >= 0.6 is 0 Å². The Hall–Kier alpha value is -2.16. The van der Waals surface area contributed by atoms with E-state index < -0.39 is 39.2 Å². The highest BCUT2D eigenvalue weighted by atomic mass is 32.2. The summed E-state index contributed by atoms with van der Waals surface area (Å²) >= 11 is 0. The third-order valence-corrected chi connectivity index (χ3v) is 3.63. The van der Waals surface area contributed by atoms with Gasteiger partial charge in [0.1, 0.15) is 5.82 Å². The molecule has 0 aromatic heterocycles. The standard InChI is InChI=1S/C12H14FNO6S/c1-2-20-11(15)5-6-21(18,19)14-10-7-8(12(16)17)3-4-9(10)13/h3-4,7,14H,2,5-6H2,1H3,(H,16,17). The number of carboxylic acid groups (broad SMARTS) is 1. The van der Waals surface area contributed by atoms with Crippen LogP contribution in [0.15, 0.2) is 18.2 Å². The number of anilines is 1. The molecular formula is C12H14FNO6S. The molecule has 0 amide bonds. The zero-order chi connectivity index (χ0) is 16.0. The fraction of sp³-hybridized carbons (Fsp3) is 0.333. The summed E-state index contributed by atoms with van der Waals surface area (Å²) < 4.78 is 43.4. The maximum Gasteiger partial charge on any atom is 0.335 e. The van der Waals surface area contributed by atoms with E-state index in [0.717, 1.165) is 18.2 Å². The van der Waals surface area contributed by atoms with Gasteiger partial charge in [-0.1, -0.05) is 0 Å². The van der Waals surface area contributed by atoms with E-state index in [0.29, 0.717) is 0 Å². The van der Waals surface area contributed by atoms with Crippen molar-refractivity contribution in [3.63, 3.8) is 0 Å². The number of nitrogens with one attached hydrogen (secondary N) is 1. The molecular weight excluding hydrogens is 305 g/mol. The normalized spacial score (nSPS) is 11.0. The molecule has 1 aromatic rings. The minimum absolute atomic E-state index is 0.127. The van der Waals surface area contributed by atoms with Gasteiger partial charge >= 0.3 is 11.9 Å². The maximum absolute atomic E-state index is 13.5. The fourth-order valence-corrected chi connectivity index (χ4v) is 2.43. The van der Waals surface area contributed by atoms with Crippen molar-refractivity contribution in [1.82, 2.24) is 0 Å². The third kappa shape index (κ3) is 5.38. The van der Waals surface area contributed by atoms with E-state index in [4.69, 9.17) is 5.11 Å². The Kier molecular flexibility index (Phi) is 5.65. The summed E-state index contributed by atoms with van der Waals surface area (Å²) in [4.78, 5) is 21.8. The number of benzene rings is 1. The highest BCUT2D eigenvalue weighted by molar-refractivity contribution is 7.92. The maximum atomic E-state index is 13.5. The Bertz CT molecular complexity index is 643. The van der Waals surface area contributed by atoms with Gasteiger partial charge in [-0.2, -0.15) is 0 Å². The van der Waals surface area contributed by atoms with Gasteiger partial charge in [0.15, 0.2) is 0 Å². The molecule has 0 heterocycles. The Morgan fingerprint density at radius 1 is 1.38 bits per heavy atom. The largest absolute Gasteiger partial charge is 0.478 e. The van der Waals surface area contributed by atoms with Crippen molar-refractivity contribution in [2.75, 3.05) is 17.1 Å². The Balaban J connectivity index is 2.81. The molecule has 0 saturated heterocycles. The molecule has 116 valence electrons. The number of ether oxygens (including phenoxy) is 1. The molecule has 0 radical (unpaired) electrons. The summed E-state index contributed by atoms with van der Waals surface area (Å²) in [5.74, 6) is -3.52. The average Bonchev–Trinajstić information content (AvgIpc) is 2.39. The second kappa shape index (κ2) is 7.02. The average molecular weight is 319 g/mol. The second-order valence-corrected chi connectivity index (χ2v) is 5.82. The van der Waals surface area contributed by atoms with E-state index in [1.54, 1.807) is 6.92 Å². The number of halogens is 1. The second-order valence-electron chi connectivity index (χ2n) is 3.98. The van der Waals surface area contributed by atoms with E-state index in [-0.39, 0.29) is 18.6 Å². The van der Waals surface area contributed by atoms with Crippen molar-refractivity contribution in [2.24, 2.45) is 0 Å². The molecule has 0 atom stereocenters. The topological polar surface area (TPSA) is 110 Å². The number of aromatic carboxylic acids is 1. The van der Waals surface area contributed by atoms with Crippen LogP contribution in [-0.4, -0.2) is 37.8 Å². The van der Waals surface area contributed by atoms with Crippen LogP contribution in [0.3, 0.4) is 0 Å². The molecule has 9 heteroatoms. The van der Waals surface area contributed by atoms with Gasteiger partial charge in [-0.05, 0) is 25.1 Å². The molecule has 7 nitrogen and oxygen atoms in total. The van der Waals surface area contributed by atoms with Crippen LogP contribution in [0.25, 0.3) is 0 Å². The monoisotopic (exact) mass is 319 g/mol. The molecule has 0 unspecified atom stereocenters. The molecule has 2 N–H and O–H groups in total. The van der Waals surface area contributed by atoms with Crippen LogP contribution in [0.2, 0.25) is 0 Å². The number of carbonyl (C=O) groups excluding carboxylic acids is 1. The number of sulfonamides is 1. The van der Waals surface area contributed by atoms with Crippen molar-refractivity contribution in [2.45, 2.75) is 13.3 Å². The van der Waals surface area contributed by atoms with Crippen LogP contribution in [0.1, 0.15) is 23.7 Å². The fourth-order valence-electron chi connectivity index (χ4n) is 1.41. The molecule has 0 aliphatic carbocycles. The Morgan fingerprint density at radius 2 is 2.05 bits per heavy atom. The van der Waals surface area contributed by atoms with E-state index >= 15 is 0 Å². The van der Waals surface area contributed by atoms with Gasteiger partial charge in [0.25, 0.3) is 0 Å². The smallest absolute Gasteiger partial charge is 0.335 e. The van der Waals surface area contributed by atoms with Gasteiger partial charge in [-0.3, -0.25) is 9.52 Å². The highest BCUT2D eigenvalue weighted by Crippen LogP contribution is 2.18. The van der Waals surface area contributed by atoms with Crippen molar-refractivity contribution in [3.8, 4) is 0 Å².